The molecule has 0 radical (unpaired) electrons. The fourth-order valence-corrected chi connectivity index (χ4v) is 6.10. The Balaban J connectivity index is 1.36. The van der Waals surface area contributed by atoms with Crippen molar-refractivity contribution in [1.82, 2.24) is 10.2 Å². The molecule has 2 aromatic carbocycles. The average Bonchev–Trinajstić information content (AvgIpc) is 2.85. The summed E-state index contributed by atoms with van der Waals surface area (Å²) in [5, 5.41) is 13.1. The largest absolute Gasteiger partial charge is 0.484 e. The highest BCUT2D eigenvalue weighted by Crippen LogP contribution is 2.46. The zero-order valence-electron chi connectivity index (χ0n) is 18.6. The van der Waals surface area contributed by atoms with Gasteiger partial charge in [-0.05, 0) is 36.8 Å². The van der Waals surface area contributed by atoms with E-state index in [0.717, 1.165) is 0 Å². The van der Waals surface area contributed by atoms with Gasteiger partial charge in [-0.25, -0.2) is 4.79 Å². The van der Waals surface area contributed by atoms with Crippen LogP contribution in [-0.4, -0.2) is 61.7 Å². The van der Waals surface area contributed by atoms with E-state index < -0.39 is 38.6 Å². The Morgan fingerprint density at radius 2 is 1.91 bits per heavy atom. The van der Waals surface area contributed by atoms with Crippen LogP contribution in [0.3, 0.4) is 0 Å². The second-order valence-corrected chi connectivity index (χ2v) is 11.2. The maximum atomic E-state index is 13.0. The minimum absolute atomic E-state index is 0.0614. The lowest BCUT2D eigenvalue weighted by atomic mass is 9.94. The molecule has 10 nitrogen and oxygen atoms in total. The normalized spacial score (nSPS) is 25.1. The number of alkyl halides is 1. The van der Waals surface area contributed by atoms with E-state index in [1.165, 1.54) is 40.9 Å². The topological polar surface area (TPSA) is 128 Å². The molecule has 4 atom stereocenters. The smallest absolute Gasteiger partial charge is 0.330 e. The number of fused-ring (bicyclic) bond motifs is 1. The molecule has 2 aliphatic heterocycles. The third-order valence-corrected chi connectivity index (χ3v) is 8.34. The lowest BCUT2D eigenvalue weighted by molar-refractivity contribution is -0.384. The molecule has 35 heavy (non-hydrogen) atoms. The summed E-state index contributed by atoms with van der Waals surface area (Å²) in [5.74, 6) is -0.359. The van der Waals surface area contributed by atoms with Crippen LogP contribution in [0.25, 0.3) is 0 Å². The number of para-hydroxylation sites is 1. The van der Waals surface area contributed by atoms with Crippen LogP contribution in [-0.2, 0) is 25.7 Å². The molecular formula is C23H22BrN3O7S. The van der Waals surface area contributed by atoms with Crippen molar-refractivity contribution < 1.29 is 28.8 Å². The molecule has 184 valence electrons. The lowest BCUT2D eigenvalue weighted by Gasteiger charge is -2.56. The molecule has 0 aliphatic carbocycles. The fraction of sp³-hybridized carbons (Fsp3) is 0.348. The number of non-ortho nitro benzene ring substituents is 1. The molecule has 2 amide bonds. The molecule has 0 spiro atoms. The number of hydrogen-bond donors (Lipinski definition) is 1. The van der Waals surface area contributed by atoms with E-state index >= 15 is 0 Å². The average molecular weight is 564 g/mol. The van der Waals surface area contributed by atoms with Gasteiger partial charge in [-0.3, -0.25) is 19.7 Å². The van der Waals surface area contributed by atoms with Crippen molar-refractivity contribution in [2.45, 2.75) is 35.3 Å². The maximum absolute atomic E-state index is 13.0. The Morgan fingerprint density at radius 3 is 2.57 bits per heavy atom. The first-order valence-electron chi connectivity index (χ1n) is 10.7. The molecule has 2 heterocycles. The summed E-state index contributed by atoms with van der Waals surface area (Å²) >= 11 is 5.02. The Labute approximate surface area is 213 Å². The number of carbonyl (C=O) groups excluding carboxylic acids is 3. The monoisotopic (exact) mass is 563 g/mol. The maximum Gasteiger partial charge on any atom is 0.330 e. The van der Waals surface area contributed by atoms with E-state index in [9.17, 15) is 24.5 Å². The molecule has 0 bridgehead atoms. The van der Waals surface area contributed by atoms with Crippen molar-refractivity contribution in [3.63, 3.8) is 0 Å². The number of benzene rings is 2. The molecular weight excluding hydrogens is 542 g/mol. The number of esters is 1. The lowest BCUT2D eigenvalue weighted by Crippen LogP contribution is -2.78. The number of amides is 2. The van der Waals surface area contributed by atoms with Gasteiger partial charge in [0.25, 0.3) is 11.6 Å². The van der Waals surface area contributed by atoms with E-state index in [1.807, 2.05) is 6.07 Å². The molecule has 12 heteroatoms. The first-order valence-corrected chi connectivity index (χ1v) is 12.5. The van der Waals surface area contributed by atoms with E-state index in [4.69, 9.17) is 9.47 Å². The van der Waals surface area contributed by atoms with Crippen LogP contribution in [0.5, 0.6) is 5.75 Å². The van der Waals surface area contributed by atoms with Gasteiger partial charge in [0.2, 0.25) is 5.91 Å². The molecule has 2 aromatic rings. The molecule has 2 fully saturated rings. The van der Waals surface area contributed by atoms with Gasteiger partial charge in [-0.1, -0.05) is 34.1 Å². The molecule has 3 unspecified atom stereocenters. The first-order chi connectivity index (χ1) is 16.7. The van der Waals surface area contributed by atoms with Crippen LogP contribution < -0.4 is 10.1 Å². The quantitative estimate of drug-likeness (QED) is 0.171. The summed E-state index contributed by atoms with van der Waals surface area (Å²) in [7, 11) is 0. The number of carbonyl (C=O) groups is 3. The van der Waals surface area contributed by atoms with Crippen LogP contribution in [0.2, 0.25) is 0 Å². The number of hydrogen-bond acceptors (Lipinski definition) is 8. The Kier molecular flexibility index (Phi) is 7.31. The number of β-lactam (4-membered cyclic amide) rings is 1. The van der Waals surface area contributed by atoms with Crippen molar-refractivity contribution in [2.24, 2.45) is 0 Å². The second kappa shape index (κ2) is 10.2. The van der Waals surface area contributed by atoms with Crippen molar-refractivity contribution in [3.8, 4) is 5.75 Å². The number of nitrogens with zero attached hydrogens (tertiary/aromatic N) is 2. The summed E-state index contributed by atoms with van der Waals surface area (Å²) < 4.78 is 10.2. The van der Waals surface area contributed by atoms with Gasteiger partial charge < -0.3 is 19.7 Å². The summed E-state index contributed by atoms with van der Waals surface area (Å²) in [6, 6.07) is 12.9. The highest BCUT2D eigenvalue weighted by Gasteiger charge is 2.61. The third-order valence-electron chi connectivity index (χ3n) is 5.65. The SMILES string of the molecule is CC1(Br)CS[C@H]2C(NC(=O)COc3ccccc3)C(=O)N2C1C(=O)OCc1ccc([N+](=O)[O-])cc1. The third kappa shape index (κ3) is 5.43. The molecule has 2 saturated heterocycles. The number of ether oxygens (including phenoxy) is 2. The fourth-order valence-electron chi connectivity index (χ4n) is 3.87. The highest BCUT2D eigenvalue weighted by molar-refractivity contribution is 9.10. The number of thioether (sulfide) groups is 1. The minimum Gasteiger partial charge on any atom is -0.484 e. The Hall–Kier alpha value is -3.12. The van der Waals surface area contributed by atoms with Crippen molar-refractivity contribution in [2.75, 3.05) is 12.4 Å². The van der Waals surface area contributed by atoms with Crippen LogP contribution in [0.4, 0.5) is 5.69 Å². The molecule has 0 aromatic heterocycles. The van der Waals surface area contributed by atoms with Gasteiger partial charge >= 0.3 is 5.97 Å². The summed E-state index contributed by atoms with van der Waals surface area (Å²) in [4.78, 5) is 50.0. The number of nitrogens with one attached hydrogen (secondary N) is 1. The summed E-state index contributed by atoms with van der Waals surface area (Å²) in [6.07, 6.45) is 0. The molecule has 0 saturated carbocycles. The van der Waals surface area contributed by atoms with Crippen molar-refractivity contribution >= 4 is 51.2 Å². The van der Waals surface area contributed by atoms with Gasteiger partial charge in [0.1, 0.15) is 29.8 Å². The molecule has 4 rings (SSSR count). The van der Waals surface area contributed by atoms with Crippen molar-refractivity contribution in [3.05, 3.63) is 70.3 Å². The van der Waals surface area contributed by atoms with Crippen molar-refractivity contribution in [1.29, 1.82) is 0 Å². The van der Waals surface area contributed by atoms with Crippen LogP contribution >= 0.6 is 27.7 Å². The van der Waals surface area contributed by atoms with E-state index in [2.05, 4.69) is 21.2 Å². The zero-order chi connectivity index (χ0) is 25.2. The minimum atomic E-state index is -0.895. The van der Waals surface area contributed by atoms with E-state index in [1.54, 1.807) is 31.2 Å². The highest BCUT2D eigenvalue weighted by atomic mass is 79.9. The standard InChI is InChI=1S/C23H22BrN3O7S/c1-23(24)13-35-21-18(25-17(28)12-33-16-5-3-2-4-6-16)20(29)26(21)19(23)22(30)34-11-14-7-9-15(10-8-14)27(31)32/h2-10,18-19,21H,11-13H2,1H3,(H,25,28)/t18?,19?,21-,23?/m0/s1. The Morgan fingerprint density at radius 1 is 1.23 bits per heavy atom. The second-order valence-electron chi connectivity index (χ2n) is 8.31. The van der Waals surface area contributed by atoms with Gasteiger partial charge in [0.05, 0.1) is 9.25 Å². The summed E-state index contributed by atoms with van der Waals surface area (Å²) in [5.41, 5.74) is 0.522. The zero-order valence-corrected chi connectivity index (χ0v) is 21.0. The van der Waals surface area contributed by atoms with Crippen LogP contribution in [0, 0.1) is 10.1 Å². The van der Waals surface area contributed by atoms with E-state index in [-0.39, 0.29) is 24.8 Å². The molecule has 2 aliphatic rings. The first kappa shape index (κ1) is 25.0. The van der Waals surface area contributed by atoms with Crippen LogP contribution in [0.15, 0.2) is 54.6 Å². The predicted molar refractivity (Wildman–Crippen MR) is 131 cm³/mol. The number of halogens is 1. The van der Waals surface area contributed by atoms with Gasteiger partial charge in [0.15, 0.2) is 6.61 Å². The van der Waals surface area contributed by atoms with Crippen LogP contribution in [0.1, 0.15) is 12.5 Å². The number of rotatable bonds is 8. The van der Waals surface area contributed by atoms with Gasteiger partial charge in [-0.15, -0.1) is 11.8 Å². The number of nitro benzene ring substituents is 1. The number of nitro groups is 1. The molecule has 1 N–H and O–H groups in total. The van der Waals surface area contributed by atoms with E-state index in [0.29, 0.717) is 17.1 Å². The van der Waals surface area contributed by atoms with Gasteiger partial charge in [-0.2, -0.15) is 0 Å². The predicted octanol–water partition coefficient (Wildman–Crippen LogP) is 2.64. The Bertz CT molecular complexity index is 1130. The van der Waals surface area contributed by atoms with Gasteiger partial charge in [0, 0.05) is 17.9 Å². The summed E-state index contributed by atoms with van der Waals surface area (Å²) in [6.45, 7) is 1.48.